The minimum absolute atomic E-state index is 0.0979. The van der Waals surface area contributed by atoms with E-state index in [1.807, 2.05) is 31.2 Å². The first-order valence-electron chi connectivity index (χ1n) is 12.1. The highest BCUT2D eigenvalue weighted by molar-refractivity contribution is 6.42. The molecule has 0 heterocycles. The molecule has 3 rings (SSSR count). The van der Waals surface area contributed by atoms with Gasteiger partial charge in [-0.2, -0.15) is 0 Å². The van der Waals surface area contributed by atoms with Gasteiger partial charge in [-0.05, 0) is 61.1 Å². The van der Waals surface area contributed by atoms with Gasteiger partial charge in [0, 0.05) is 19.0 Å². The van der Waals surface area contributed by atoms with Gasteiger partial charge in [0.05, 0.1) is 24.3 Å². The van der Waals surface area contributed by atoms with E-state index in [-0.39, 0.29) is 30.8 Å². The molecule has 8 heteroatoms. The van der Waals surface area contributed by atoms with E-state index in [0.29, 0.717) is 34.4 Å². The Kier molecular flexibility index (Phi) is 10.1. The smallest absolute Gasteiger partial charge is 0.243 e. The second kappa shape index (κ2) is 13.0. The van der Waals surface area contributed by atoms with Crippen molar-refractivity contribution in [2.45, 2.75) is 70.5 Å². The summed E-state index contributed by atoms with van der Waals surface area (Å²) in [5.41, 5.74) is 1.78. The Morgan fingerprint density at radius 3 is 2.31 bits per heavy atom. The topological polar surface area (TPSA) is 67.9 Å². The number of aryl methyl sites for hydroxylation is 1. The number of nitrogens with zero attached hydrogens (tertiary/aromatic N) is 1. The van der Waals surface area contributed by atoms with Gasteiger partial charge in [0.2, 0.25) is 11.8 Å². The molecule has 1 N–H and O–H groups in total. The molecular formula is C27H34Cl2N2O4. The number of amides is 2. The van der Waals surface area contributed by atoms with Crippen molar-refractivity contribution in [3.63, 3.8) is 0 Å². The van der Waals surface area contributed by atoms with E-state index < -0.39 is 6.04 Å². The molecule has 0 aliphatic heterocycles. The molecular weight excluding hydrogens is 487 g/mol. The summed E-state index contributed by atoms with van der Waals surface area (Å²) in [4.78, 5) is 28.4. The van der Waals surface area contributed by atoms with E-state index in [0.717, 1.165) is 36.8 Å². The largest absolute Gasteiger partial charge is 0.493 e. The quantitative estimate of drug-likeness (QED) is 0.405. The van der Waals surface area contributed by atoms with Crippen molar-refractivity contribution in [1.82, 2.24) is 10.2 Å². The number of hydrogen-bond donors (Lipinski definition) is 1. The van der Waals surface area contributed by atoms with Gasteiger partial charge in [0.1, 0.15) is 6.04 Å². The Balaban J connectivity index is 1.79. The third kappa shape index (κ3) is 7.28. The molecule has 0 bridgehead atoms. The monoisotopic (exact) mass is 520 g/mol. The number of carbonyl (C=O) groups excluding carboxylic acids is 2. The predicted molar refractivity (Wildman–Crippen MR) is 139 cm³/mol. The van der Waals surface area contributed by atoms with Crippen molar-refractivity contribution in [3.05, 3.63) is 57.6 Å². The number of nitrogens with one attached hydrogen (secondary N) is 1. The highest BCUT2D eigenvalue weighted by Gasteiger charge is 2.30. The number of carbonyl (C=O) groups is 2. The van der Waals surface area contributed by atoms with Crippen molar-refractivity contribution in [1.29, 1.82) is 0 Å². The van der Waals surface area contributed by atoms with Crippen molar-refractivity contribution in [2.24, 2.45) is 0 Å². The molecule has 1 aliphatic carbocycles. The summed E-state index contributed by atoms with van der Waals surface area (Å²) in [5, 5.41) is 4.04. The summed E-state index contributed by atoms with van der Waals surface area (Å²) < 4.78 is 10.7. The van der Waals surface area contributed by atoms with E-state index in [1.54, 1.807) is 31.3 Å². The lowest BCUT2D eigenvalue weighted by Gasteiger charge is -2.31. The summed E-state index contributed by atoms with van der Waals surface area (Å²) >= 11 is 12.3. The Labute approximate surface area is 217 Å². The van der Waals surface area contributed by atoms with E-state index in [4.69, 9.17) is 32.7 Å². The molecule has 2 aromatic carbocycles. The van der Waals surface area contributed by atoms with Crippen LogP contribution >= 0.6 is 23.2 Å². The third-order valence-electron chi connectivity index (χ3n) is 6.50. The molecule has 0 unspecified atom stereocenters. The summed E-state index contributed by atoms with van der Waals surface area (Å²) in [6.07, 6.45) is 5.51. The maximum atomic E-state index is 13.5. The first-order chi connectivity index (χ1) is 16.9. The molecule has 1 atom stereocenters. The zero-order valence-corrected chi connectivity index (χ0v) is 22.1. The number of rotatable bonds is 11. The Bertz CT molecular complexity index is 1020. The highest BCUT2D eigenvalue weighted by Crippen LogP contribution is 2.29. The molecule has 6 nitrogen and oxygen atoms in total. The molecule has 35 heavy (non-hydrogen) atoms. The van der Waals surface area contributed by atoms with Gasteiger partial charge >= 0.3 is 0 Å². The van der Waals surface area contributed by atoms with E-state index >= 15 is 0 Å². The molecule has 0 radical (unpaired) electrons. The SMILES string of the molecule is CC[C@H](C(=O)NC1CCCC1)N(Cc1ccc(Cl)c(Cl)c1)C(=O)CCc1ccc(OC)c(OC)c1. The molecule has 1 saturated carbocycles. The van der Waals surface area contributed by atoms with E-state index in [9.17, 15) is 9.59 Å². The zero-order chi connectivity index (χ0) is 25.4. The van der Waals surface area contributed by atoms with Crippen LogP contribution in [0.2, 0.25) is 10.0 Å². The molecule has 1 aliphatic rings. The van der Waals surface area contributed by atoms with Crippen LogP contribution in [-0.2, 0) is 22.6 Å². The zero-order valence-electron chi connectivity index (χ0n) is 20.6. The van der Waals surface area contributed by atoms with Crippen LogP contribution in [0.15, 0.2) is 36.4 Å². The number of halogens is 2. The normalized spacial score (nSPS) is 14.4. The van der Waals surface area contributed by atoms with E-state index in [1.165, 1.54) is 0 Å². The number of hydrogen-bond acceptors (Lipinski definition) is 4. The van der Waals surface area contributed by atoms with Gasteiger partial charge in [-0.25, -0.2) is 0 Å². The fourth-order valence-electron chi connectivity index (χ4n) is 4.55. The Morgan fingerprint density at radius 2 is 1.69 bits per heavy atom. The molecule has 190 valence electrons. The highest BCUT2D eigenvalue weighted by atomic mass is 35.5. The molecule has 2 aromatic rings. The van der Waals surface area contributed by atoms with Gasteiger partial charge < -0.3 is 19.7 Å². The minimum atomic E-state index is -0.567. The number of methoxy groups -OCH3 is 2. The Morgan fingerprint density at radius 1 is 1.00 bits per heavy atom. The lowest BCUT2D eigenvalue weighted by atomic mass is 10.1. The molecule has 2 amide bonds. The number of ether oxygens (including phenoxy) is 2. The first-order valence-corrected chi connectivity index (χ1v) is 12.9. The van der Waals surface area contributed by atoms with Gasteiger partial charge in [0.25, 0.3) is 0 Å². The van der Waals surface area contributed by atoms with Crippen LogP contribution in [0.4, 0.5) is 0 Å². The summed E-state index contributed by atoms with van der Waals surface area (Å²) in [5.74, 6) is 1.06. The van der Waals surface area contributed by atoms with Gasteiger partial charge in [0.15, 0.2) is 11.5 Å². The van der Waals surface area contributed by atoms with Crippen LogP contribution in [-0.4, -0.2) is 43.0 Å². The lowest BCUT2D eigenvalue weighted by Crippen LogP contribution is -2.51. The average Bonchev–Trinajstić information content (AvgIpc) is 3.37. The van der Waals surface area contributed by atoms with Crippen LogP contribution in [0.5, 0.6) is 11.5 Å². The fraction of sp³-hybridized carbons (Fsp3) is 0.481. The lowest BCUT2D eigenvalue weighted by molar-refractivity contribution is -0.141. The second-order valence-corrected chi connectivity index (χ2v) is 9.69. The molecule has 1 fully saturated rings. The van der Waals surface area contributed by atoms with Crippen molar-refractivity contribution in [3.8, 4) is 11.5 Å². The van der Waals surface area contributed by atoms with Crippen molar-refractivity contribution >= 4 is 35.0 Å². The first kappa shape index (κ1) is 27.2. The predicted octanol–water partition coefficient (Wildman–Crippen LogP) is 5.81. The van der Waals surface area contributed by atoms with Crippen molar-refractivity contribution in [2.75, 3.05) is 14.2 Å². The summed E-state index contributed by atoms with van der Waals surface area (Å²) in [6, 6.07) is 10.5. The van der Waals surface area contributed by atoms with Gasteiger partial charge in [-0.15, -0.1) is 0 Å². The van der Waals surface area contributed by atoms with Crippen LogP contribution in [0.1, 0.15) is 56.6 Å². The Hall–Kier alpha value is -2.44. The van der Waals surface area contributed by atoms with E-state index in [2.05, 4.69) is 5.32 Å². The second-order valence-electron chi connectivity index (χ2n) is 8.87. The van der Waals surface area contributed by atoms with Gasteiger partial charge in [-0.1, -0.05) is 55.1 Å². The third-order valence-corrected chi connectivity index (χ3v) is 7.24. The average molecular weight is 521 g/mol. The standard InChI is InChI=1S/C27H34Cl2N2O4/c1-4-23(27(33)30-20-7-5-6-8-20)31(17-19-9-12-21(28)22(29)15-19)26(32)14-11-18-10-13-24(34-2)25(16-18)35-3/h9-10,12-13,15-16,20,23H,4-8,11,14,17H2,1-3H3,(H,30,33)/t23-/m1/s1. The summed E-state index contributed by atoms with van der Waals surface area (Å²) in [7, 11) is 3.17. The van der Waals surface area contributed by atoms with Gasteiger partial charge in [-0.3, -0.25) is 9.59 Å². The van der Waals surface area contributed by atoms with Crippen LogP contribution in [0, 0.1) is 0 Å². The molecule has 0 spiro atoms. The number of benzene rings is 2. The minimum Gasteiger partial charge on any atom is -0.493 e. The van der Waals surface area contributed by atoms with Crippen molar-refractivity contribution < 1.29 is 19.1 Å². The molecule has 0 saturated heterocycles. The van der Waals surface area contributed by atoms with Crippen LogP contribution in [0.3, 0.4) is 0 Å². The summed E-state index contributed by atoms with van der Waals surface area (Å²) in [6.45, 7) is 2.21. The molecule has 0 aromatic heterocycles. The van der Waals surface area contributed by atoms with Crippen LogP contribution < -0.4 is 14.8 Å². The maximum Gasteiger partial charge on any atom is 0.243 e. The van der Waals surface area contributed by atoms with Crippen LogP contribution in [0.25, 0.3) is 0 Å². The fourth-order valence-corrected chi connectivity index (χ4v) is 4.87. The maximum absolute atomic E-state index is 13.5.